The second-order valence-corrected chi connectivity index (χ2v) is 4.28. The smallest absolute Gasteiger partial charge is 0.255 e. The van der Waals surface area contributed by atoms with Crippen molar-refractivity contribution in [3.63, 3.8) is 0 Å². The first-order valence-electron chi connectivity index (χ1n) is 5.71. The number of aliphatic hydroxyl groups excluding tert-OH is 1. The molecule has 1 atom stereocenters. The van der Waals surface area contributed by atoms with Crippen LogP contribution in [0.4, 0.5) is 5.95 Å². The first-order chi connectivity index (χ1) is 7.66. The first kappa shape index (κ1) is 11.1. The maximum Gasteiger partial charge on any atom is 0.255 e. The normalized spacial score (nSPS) is 16.6. The van der Waals surface area contributed by atoms with E-state index in [-0.39, 0.29) is 5.56 Å². The maximum atomic E-state index is 11.7. The summed E-state index contributed by atoms with van der Waals surface area (Å²) in [7, 11) is 0. The highest BCUT2D eigenvalue weighted by atomic mass is 16.3. The van der Waals surface area contributed by atoms with Crippen molar-refractivity contribution in [1.82, 2.24) is 9.97 Å². The van der Waals surface area contributed by atoms with Crippen molar-refractivity contribution in [2.24, 2.45) is 0 Å². The van der Waals surface area contributed by atoms with Crippen LogP contribution in [0.5, 0.6) is 0 Å². The van der Waals surface area contributed by atoms with E-state index in [9.17, 15) is 4.79 Å². The molecule has 5 heteroatoms. The van der Waals surface area contributed by atoms with Gasteiger partial charge in [-0.25, -0.2) is 4.98 Å². The van der Waals surface area contributed by atoms with Crippen LogP contribution in [-0.2, 0) is 12.8 Å². The lowest BCUT2D eigenvalue weighted by molar-refractivity contribution is 0.208. The molecule has 1 heterocycles. The number of aliphatic hydroxyl groups is 1. The van der Waals surface area contributed by atoms with Crippen LogP contribution in [0.3, 0.4) is 0 Å². The zero-order valence-electron chi connectivity index (χ0n) is 9.42. The van der Waals surface area contributed by atoms with Gasteiger partial charge in [0.15, 0.2) is 0 Å². The predicted octanol–water partition coefficient (Wildman–Crippen LogP) is 0.441. The van der Waals surface area contributed by atoms with E-state index in [4.69, 9.17) is 5.11 Å². The molecule has 1 aromatic rings. The summed E-state index contributed by atoms with van der Waals surface area (Å²) in [4.78, 5) is 18.8. The molecule has 1 aliphatic carbocycles. The average Bonchev–Trinajstić information content (AvgIpc) is 2.26. The summed E-state index contributed by atoms with van der Waals surface area (Å²) in [5.74, 6) is 0.464. The minimum atomic E-state index is -0.457. The number of nitrogens with zero attached hydrogens (tertiary/aromatic N) is 1. The zero-order chi connectivity index (χ0) is 11.5. The number of rotatable bonds is 3. The number of hydrogen-bond donors (Lipinski definition) is 3. The lowest BCUT2D eigenvalue weighted by atomic mass is 9.97. The second-order valence-electron chi connectivity index (χ2n) is 4.28. The number of aromatic nitrogens is 2. The SMILES string of the molecule is CC(O)CNc1nc2c(c(=O)[nH]1)CCCC2. The quantitative estimate of drug-likeness (QED) is 0.695. The van der Waals surface area contributed by atoms with E-state index in [1.54, 1.807) is 6.92 Å². The molecule has 0 aliphatic heterocycles. The Morgan fingerprint density at radius 2 is 2.25 bits per heavy atom. The number of H-pyrrole nitrogens is 1. The molecule has 1 aliphatic rings. The zero-order valence-corrected chi connectivity index (χ0v) is 9.42. The van der Waals surface area contributed by atoms with Gasteiger partial charge >= 0.3 is 0 Å². The molecule has 0 aromatic carbocycles. The molecule has 0 saturated heterocycles. The molecule has 0 spiro atoms. The van der Waals surface area contributed by atoms with Crippen molar-refractivity contribution < 1.29 is 5.11 Å². The molecule has 3 N–H and O–H groups in total. The lowest BCUT2D eigenvalue weighted by Crippen LogP contribution is -2.25. The van der Waals surface area contributed by atoms with Crippen LogP contribution in [0.1, 0.15) is 31.0 Å². The van der Waals surface area contributed by atoms with E-state index < -0.39 is 6.10 Å². The van der Waals surface area contributed by atoms with E-state index in [1.165, 1.54) is 0 Å². The van der Waals surface area contributed by atoms with Gasteiger partial charge in [0.05, 0.1) is 11.8 Å². The molecule has 0 radical (unpaired) electrons. The molecule has 1 unspecified atom stereocenters. The summed E-state index contributed by atoms with van der Waals surface area (Å²) in [5, 5.41) is 12.1. The Labute approximate surface area is 93.9 Å². The Kier molecular flexibility index (Phi) is 3.24. The van der Waals surface area contributed by atoms with Crippen LogP contribution in [0.15, 0.2) is 4.79 Å². The topological polar surface area (TPSA) is 78.0 Å². The van der Waals surface area contributed by atoms with Crippen LogP contribution in [-0.4, -0.2) is 27.7 Å². The highest BCUT2D eigenvalue weighted by molar-refractivity contribution is 5.31. The number of aryl methyl sites for hydroxylation is 1. The molecular formula is C11H17N3O2. The highest BCUT2D eigenvalue weighted by Crippen LogP contribution is 2.16. The van der Waals surface area contributed by atoms with Crippen LogP contribution >= 0.6 is 0 Å². The Bertz CT molecular complexity index is 426. The number of nitrogens with one attached hydrogen (secondary N) is 2. The third kappa shape index (κ3) is 2.41. The monoisotopic (exact) mass is 223 g/mol. The van der Waals surface area contributed by atoms with Gasteiger partial charge in [0.25, 0.3) is 5.56 Å². The first-order valence-corrected chi connectivity index (χ1v) is 5.71. The number of hydrogen-bond acceptors (Lipinski definition) is 4. The van der Waals surface area contributed by atoms with Crippen molar-refractivity contribution in [3.8, 4) is 0 Å². The van der Waals surface area contributed by atoms with Gasteiger partial charge in [0.2, 0.25) is 5.95 Å². The molecule has 88 valence electrons. The molecule has 1 aromatic heterocycles. The fraction of sp³-hybridized carbons (Fsp3) is 0.636. The summed E-state index contributed by atoms with van der Waals surface area (Å²) >= 11 is 0. The van der Waals surface area contributed by atoms with Crippen molar-refractivity contribution in [3.05, 3.63) is 21.6 Å². The molecule has 0 saturated carbocycles. The Morgan fingerprint density at radius 1 is 1.50 bits per heavy atom. The highest BCUT2D eigenvalue weighted by Gasteiger charge is 2.15. The number of anilines is 1. The summed E-state index contributed by atoms with van der Waals surface area (Å²) in [6.07, 6.45) is 3.41. The minimum absolute atomic E-state index is 0.0437. The van der Waals surface area contributed by atoms with Crippen molar-refractivity contribution >= 4 is 5.95 Å². The molecule has 0 fully saturated rings. The van der Waals surface area contributed by atoms with Crippen LogP contribution in [0.2, 0.25) is 0 Å². The van der Waals surface area contributed by atoms with Crippen LogP contribution in [0.25, 0.3) is 0 Å². The van der Waals surface area contributed by atoms with Crippen molar-refractivity contribution in [1.29, 1.82) is 0 Å². The Morgan fingerprint density at radius 3 is 3.00 bits per heavy atom. The van der Waals surface area contributed by atoms with E-state index in [1.807, 2.05) is 0 Å². The number of aromatic amines is 1. The Hall–Kier alpha value is -1.36. The van der Waals surface area contributed by atoms with Gasteiger partial charge in [-0.2, -0.15) is 0 Å². The van der Waals surface area contributed by atoms with E-state index in [2.05, 4.69) is 15.3 Å². The van der Waals surface area contributed by atoms with Gasteiger partial charge in [0.1, 0.15) is 0 Å². The largest absolute Gasteiger partial charge is 0.392 e. The Balaban J connectivity index is 2.22. The van der Waals surface area contributed by atoms with Gasteiger partial charge in [-0.15, -0.1) is 0 Å². The molecule has 2 rings (SSSR count). The maximum absolute atomic E-state index is 11.7. The van der Waals surface area contributed by atoms with Crippen LogP contribution < -0.4 is 10.9 Å². The van der Waals surface area contributed by atoms with Crippen molar-refractivity contribution in [2.45, 2.75) is 38.7 Å². The molecule has 0 bridgehead atoms. The number of fused-ring (bicyclic) bond motifs is 1. The van der Waals surface area contributed by atoms with E-state index >= 15 is 0 Å². The van der Waals surface area contributed by atoms with Gasteiger partial charge < -0.3 is 10.4 Å². The summed E-state index contributed by atoms with van der Waals surface area (Å²) in [6.45, 7) is 2.07. The van der Waals surface area contributed by atoms with Gasteiger partial charge in [-0.1, -0.05) is 0 Å². The van der Waals surface area contributed by atoms with Gasteiger partial charge in [-0.05, 0) is 32.6 Å². The molecule has 0 amide bonds. The molecule has 16 heavy (non-hydrogen) atoms. The van der Waals surface area contributed by atoms with Gasteiger partial charge in [-0.3, -0.25) is 9.78 Å². The standard InChI is InChI=1S/C11H17N3O2/c1-7(15)6-12-11-13-9-5-3-2-4-8(9)10(16)14-11/h7,15H,2-6H2,1H3,(H2,12,13,14,16). The molecule has 5 nitrogen and oxygen atoms in total. The summed E-state index contributed by atoms with van der Waals surface area (Å²) in [5.41, 5.74) is 1.69. The third-order valence-electron chi connectivity index (χ3n) is 2.76. The predicted molar refractivity (Wildman–Crippen MR) is 61.7 cm³/mol. The van der Waals surface area contributed by atoms with Crippen molar-refractivity contribution in [2.75, 3.05) is 11.9 Å². The molecular weight excluding hydrogens is 206 g/mol. The summed E-state index contributed by atoms with van der Waals surface area (Å²) < 4.78 is 0. The van der Waals surface area contributed by atoms with Gasteiger partial charge in [0, 0.05) is 12.1 Å². The minimum Gasteiger partial charge on any atom is -0.392 e. The van der Waals surface area contributed by atoms with Crippen LogP contribution in [0, 0.1) is 0 Å². The fourth-order valence-electron chi connectivity index (χ4n) is 1.93. The third-order valence-corrected chi connectivity index (χ3v) is 2.76. The second kappa shape index (κ2) is 4.65. The van der Waals surface area contributed by atoms with E-state index in [0.29, 0.717) is 12.5 Å². The average molecular weight is 223 g/mol. The fourth-order valence-corrected chi connectivity index (χ4v) is 1.93. The summed E-state index contributed by atoms with van der Waals surface area (Å²) in [6, 6.07) is 0. The van der Waals surface area contributed by atoms with E-state index in [0.717, 1.165) is 36.9 Å². The lowest BCUT2D eigenvalue weighted by Gasteiger charge is -2.15.